The molecular formula is C20H19ClN4O4S2. The quantitative estimate of drug-likeness (QED) is 0.319. The van der Waals surface area contributed by atoms with Gasteiger partial charge in [-0.25, -0.2) is 8.42 Å². The molecule has 8 nitrogen and oxygen atoms in total. The van der Waals surface area contributed by atoms with Crippen LogP contribution in [0.1, 0.15) is 17.5 Å². The number of amides is 1. The summed E-state index contributed by atoms with van der Waals surface area (Å²) in [6, 6.07) is 10.3. The highest BCUT2D eigenvalue weighted by Crippen LogP contribution is 2.34. The van der Waals surface area contributed by atoms with Gasteiger partial charge in [0.15, 0.2) is 0 Å². The highest BCUT2D eigenvalue weighted by molar-refractivity contribution is 7.91. The lowest BCUT2D eigenvalue weighted by atomic mass is 10.1. The zero-order valence-corrected chi connectivity index (χ0v) is 18.5. The van der Waals surface area contributed by atoms with Crippen molar-refractivity contribution in [3.05, 3.63) is 58.6 Å². The average molecular weight is 479 g/mol. The van der Waals surface area contributed by atoms with E-state index < -0.39 is 16.1 Å². The number of nitrogens with one attached hydrogen (secondary N) is 2. The Morgan fingerprint density at radius 3 is 2.81 bits per heavy atom. The number of hydrogen-bond donors (Lipinski definition) is 4. The van der Waals surface area contributed by atoms with Gasteiger partial charge in [0.1, 0.15) is 21.8 Å². The Bertz CT molecular complexity index is 1310. The first-order valence-electron chi connectivity index (χ1n) is 9.31. The molecule has 11 heteroatoms. The molecule has 2 aromatic carbocycles. The van der Waals surface area contributed by atoms with Crippen molar-refractivity contribution >= 4 is 54.8 Å². The van der Waals surface area contributed by atoms with Crippen LogP contribution >= 0.6 is 22.9 Å². The van der Waals surface area contributed by atoms with Crippen molar-refractivity contribution in [3.63, 3.8) is 0 Å². The Kier molecular flexibility index (Phi) is 5.65. The maximum Gasteiger partial charge on any atom is 0.250 e. The summed E-state index contributed by atoms with van der Waals surface area (Å²) in [7, 11) is -3.91. The molecule has 5 N–H and O–H groups in total. The number of phenolic OH excluding ortho intramolecular Hbond substituents is 1. The molecule has 31 heavy (non-hydrogen) atoms. The second-order valence-corrected chi connectivity index (χ2v) is 10.6. The number of amidine groups is 1. The van der Waals surface area contributed by atoms with E-state index in [9.17, 15) is 18.3 Å². The maximum absolute atomic E-state index is 12.9. The van der Waals surface area contributed by atoms with E-state index in [1.807, 2.05) is 0 Å². The van der Waals surface area contributed by atoms with Crippen LogP contribution in [0.15, 0.2) is 46.7 Å². The van der Waals surface area contributed by atoms with E-state index in [1.54, 1.807) is 24.3 Å². The van der Waals surface area contributed by atoms with E-state index in [1.165, 1.54) is 23.1 Å². The summed E-state index contributed by atoms with van der Waals surface area (Å²) in [4.78, 5) is 14.3. The molecule has 1 aromatic heterocycles. The Balaban J connectivity index is 1.51. The number of nitrogens with zero attached hydrogens (tertiary/aromatic N) is 1. The van der Waals surface area contributed by atoms with Gasteiger partial charge >= 0.3 is 0 Å². The van der Waals surface area contributed by atoms with Crippen LogP contribution in [0.3, 0.4) is 0 Å². The number of fused-ring (bicyclic) bond motifs is 1. The molecule has 1 aliphatic rings. The number of nitrogen functional groups attached to an aromatic ring is 1. The molecule has 0 aliphatic carbocycles. The number of halogens is 1. The van der Waals surface area contributed by atoms with Crippen LogP contribution in [0.2, 0.25) is 5.02 Å². The molecule has 2 heterocycles. The molecule has 0 saturated carbocycles. The van der Waals surface area contributed by atoms with Crippen LogP contribution in [0.25, 0.3) is 10.1 Å². The van der Waals surface area contributed by atoms with E-state index in [2.05, 4.69) is 4.72 Å². The lowest BCUT2D eigenvalue weighted by Crippen LogP contribution is -2.41. The molecule has 1 fully saturated rings. The summed E-state index contributed by atoms with van der Waals surface area (Å²) in [6.07, 6.45) is 0.302. The zero-order chi connectivity index (χ0) is 22.3. The third kappa shape index (κ3) is 4.24. The van der Waals surface area contributed by atoms with Gasteiger partial charge in [0.2, 0.25) is 5.91 Å². The minimum atomic E-state index is -3.91. The van der Waals surface area contributed by atoms with Crippen LogP contribution in [0.4, 0.5) is 0 Å². The highest BCUT2D eigenvalue weighted by Gasteiger charge is 2.35. The van der Waals surface area contributed by atoms with Crippen LogP contribution in [0, 0.1) is 5.41 Å². The SMILES string of the molecule is N=C(N)c1ccc(O)c(CN2CC[C@H](NS(=O)(=O)c3cc4c(Cl)cccc4s3)C2=O)c1. The van der Waals surface area contributed by atoms with E-state index in [0.29, 0.717) is 34.5 Å². The van der Waals surface area contributed by atoms with Gasteiger partial charge in [0.05, 0.1) is 0 Å². The number of thiophene rings is 1. The van der Waals surface area contributed by atoms with Gasteiger partial charge in [-0.15, -0.1) is 11.3 Å². The average Bonchev–Trinajstić information content (AvgIpc) is 3.30. The number of aromatic hydroxyl groups is 1. The van der Waals surface area contributed by atoms with Crippen LogP contribution < -0.4 is 10.5 Å². The molecule has 0 radical (unpaired) electrons. The Morgan fingerprint density at radius 1 is 1.32 bits per heavy atom. The molecule has 162 valence electrons. The van der Waals surface area contributed by atoms with Crippen molar-refractivity contribution in [1.29, 1.82) is 5.41 Å². The number of rotatable bonds is 6. The normalized spacial score (nSPS) is 16.9. The first-order chi connectivity index (χ1) is 14.7. The zero-order valence-electron chi connectivity index (χ0n) is 16.1. The van der Waals surface area contributed by atoms with Gasteiger partial charge in [-0.2, -0.15) is 4.72 Å². The van der Waals surface area contributed by atoms with Gasteiger partial charge in [-0.3, -0.25) is 10.2 Å². The van der Waals surface area contributed by atoms with E-state index in [4.69, 9.17) is 22.7 Å². The summed E-state index contributed by atoms with van der Waals surface area (Å²) >= 11 is 7.23. The van der Waals surface area contributed by atoms with Gasteiger partial charge in [0.25, 0.3) is 10.0 Å². The van der Waals surface area contributed by atoms with Crippen LogP contribution in [-0.4, -0.2) is 42.8 Å². The molecule has 1 aliphatic heterocycles. The summed E-state index contributed by atoms with van der Waals surface area (Å²) in [6.45, 7) is 0.413. The Hall–Kier alpha value is -2.66. The number of benzene rings is 2. The number of likely N-dealkylation sites (tertiary alicyclic amines) is 1. The number of hydrogen-bond acceptors (Lipinski definition) is 6. The van der Waals surface area contributed by atoms with Crippen molar-refractivity contribution in [2.24, 2.45) is 5.73 Å². The summed E-state index contributed by atoms with van der Waals surface area (Å²) in [5.41, 5.74) is 6.35. The van der Waals surface area contributed by atoms with Gasteiger partial charge < -0.3 is 15.7 Å². The Labute approximate surface area is 187 Å². The fourth-order valence-electron chi connectivity index (χ4n) is 3.47. The van der Waals surface area contributed by atoms with Crippen molar-refractivity contribution in [2.75, 3.05) is 6.54 Å². The first kappa shape index (κ1) is 21.6. The minimum Gasteiger partial charge on any atom is -0.508 e. The summed E-state index contributed by atoms with van der Waals surface area (Å²) in [5, 5.41) is 18.7. The molecule has 0 spiro atoms. The second kappa shape index (κ2) is 8.12. The molecule has 1 amide bonds. The van der Waals surface area contributed by atoms with Crippen molar-refractivity contribution < 1.29 is 18.3 Å². The van der Waals surface area contributed by atoms with Gasteiger partial charge in [-0.1, -0.05) is 17.7 Å². The highest BCUT2D eigenvalue weighted by atomic mass is 35.5. The summed E-state index contributed by atoms with van der Waals surface area (Å²) < 4.78 is 29.1. The molecule has 3 aromatic rings. The molecule has 0 bridgehead atoms. The minimum absolute atomic E-state index is 0.0241. The van der Waals surface area contributed by atoms with Gasteiger partial charge in [-0.05, 0) is 42.8 Å². The maximum atomic E-state index is 12.9. The lowest BCUT2D eigenvalue weighted by molar-refractivity contribution is -0.129. The predicted molar refractivity (Wildman–Crippen MR) is 120 cm³/mol. The number of nitrogens with two attached hydrogens (primary N) is 1. The smallest absolute Gasteiger partial charge is 0.250 e. The van der Waals surface area contributed by atoms with Crippen LogP contribution in [0.5, 0.6) is 5.75 Å². The van der Waals surface area contributed by atoms with Gasteiger partial charge in [0, 0.05) is 39.3 Å². The van der Waals surface area contributed by atoms with Crippen molar-refractivity contribution in [1.82, 2.24) is 9.62 Å². The molecular weight excluding hydrogens is 460 g/mol. The predicted octanol–water partition coefficient (Wildman–Crippen LogP) is 2.62. The largest absolute Gasteiger partial charge is 0.508 e. The standard InChI is InChI=1S/C20H19ClN4O4S2/c21-14-2-1-3-17-13(14)9-18(30-17)31(28,29)24-15-6-7-25(20(15)27)10-12-8-11(19(22)23)4-5-16(12)26/h1-5,8-9,15,24,26H,6-7,10H2,(H3,22,23)/t15-/m0/s1. The third-order valence-electron chi connectivity index (χ3n) is 5.10. The lowest BCUT2D eigenvalue weighted by Gasteiger charge is -2.18. The Morgan fingerprint density at radius 2 is 2.10 bits per heavy atom. The van der Waals surface area contributed by atoms with Crippen molar-refractivity contribution in [3.8, 4) is 5.75 Å². The molecule has 4 rings (SSSR count). The van der Waals surface area contributed by atoms with E-state index >= 15 is 0 Å². The summed E-state index contributed by atoms with van der Waals surface area (Å²) in [5.74, 6) is -0.553. The van der Waals surface area contributed by atoms with Crippen molar-refractivity contribution in [2.45, 2.75) is 23.2 Å². The van der Waals surface area contributed by atoms with E-state index in [-0.39, 0.29) is 28.2 Å². The number of carbonyl (C=O) groups excluding carboxylic acids is 1. The fraction of sp³-hybridized carbons (Fsp3) is 0.200. The fourth-order valence-corrected chi connectivity index (χ4v) is 6.41. The third-order valence-corrected chi connectivity index (χ3v) is 8.47. The second-order valence-electron chi connectivity index (χ2n) is 7.20. The first-order valence-corrected chi connectivity index (χ1v) is 12.0. The monoisotopic (exact) mass is 478 g/mol. The molecule has 0 unspecified atom stereocenters. The topological polar surface area (TPSA) is 137 Å². The number of phenols is 1. The number of sulfonamides is 1. The number of carbonyl (C=O) groups is 1. The van der Waals surface area contributed by atoms with E-state index in [0.717, 1.165) is 16.0 Å². The molecule has 1 saturated heterocycles. The molecule has 1 atom stereocenters. The van der Waals surface area contributed by atoms with Crippen LogP contribution in [-0.2, 0) is 21.4 Å².